The first-order valence-corrected chi connectivity index (χ1v) is 13.4. The molecule has 0 saturated carbocycles. The summed E-state index contributed by atoms with van der Waals surface area (Å²) in [6.45, 7) is 2.62. The fourth-order valence-corrected chi connectivity index (χ4v) is 6.11. The summed E-state index contributed by atoms with van der Waals surface area (Å²) in [5, 5.41) is 29.5. The number of thiophene rings is 1. The number of fused-ring (bicyclic) bond motifs is 2. The van der Waals surface area contributed by atoms with Crippen molar-refractivity contribution in [3.63, 3.8) is 0 Å². The monoisotopic (exact) mass is 528 g/mol. The first-order chi connectivity index (χ1) is 18.0. The molecule has 6 rings (SSSR count). The molecule has 1 atom stereocenters. The van der Waals surface area contributed by atoms with Crippen molar-refractivity contribution in [2.75, 3.05) is 13.1 Å². The number of ether oxygens (including phenoxy) is 1. The van der Waals surface area contributed by atoms with Gasteiger partial charge in [-0.25, -0.2) is 4.98 Å². The van der Waals surface area contributed by atoms with E-state index in [0.717, 1.165) is 54.6 Å². The van der Waals surface area contributed by atoms with Gasteiger partial charge in [0, 0.05) is 46.4 Å². The lowest BCUT2D eigenvalue weighted by Gasteiger charge is -2.32. The van der Waals surface area contributed by atoms with Crippen molar-refractivity contribution < 1.29 is 4.74 Å². The second-order valence-corrected chi connectivity index (χ2v) is 10.6. The van der Waals surface area contributed by atoms with Gasteiger partial charge >= 0.3 is 0 Å². The van der Waals surface area contributed by atoms with Gasteiger partial charge in [0.25, 0.3) is 0 Å². The molecule has 37 heavy (non-hydrogen) atoms. The Kier molecular flexibility index (Phi) is 6.46. The summed E-state index contributed by atoms with van der Waals surface area (Å²) in [6, 6.07) is 17.7. The van der Waals surface area contributed by atoms with Crippen LogP contribution in [-0.4, -0.2) is 45.0 Å². The molecular formula is C28H25ClN6OS. The predicted molar refractivity (Wildman–Crippen MR) is 150 cm³/mol. The van der Waals surface area contributed by atoms with E-state index >= 15 is 0 Å². The number of hydrogen-bond acceptors (Lipinski definition) is 7. The second-order valence-electron chi connectivity index (χ2n) is 9.33. The average Bonchev–Trinajstić information content (AvgIpc) is 3.53. The Balaban J connectivity index is 1.15. The molecule has 0 amide bonds. The van der Waals surface area contributed by atoms with Crippen molar-refractivity contribution in [1.82, 2.24) is 20.1 Å². The highest BCUT2D eigenvalue weighted by Crippen LogP contribution is 2.30. The van der Waals surface area contributed by atoms with Gasteiger partial charge in [-0.05, 0) is 72.1 Å². The molecule has 1 aliphatic heterocycles. The Labute approximate surface area is 223 Å². The summed E-state index contributed by atoms with van der Waals surface area (Å²) >= 11 is 7.85. The highest BCUT2D eigenvalue weighted by atomic mass is 35.5. The number of benzene rings is 2. The van der Waals surface area contributed by atoms with Gasteiger partial charge < -0.3 is 4.74 Å². The van der Waals surface area contributed by atoms with Crippen LogP contribution in [-0.2, 0) is 11.3 Å². The third-order valence-corrected chi connectivity index (χ3v) is 8.09. The molecule has 1 saturated heterocycles. The maximum Gasteiger partial charge on any atom is 0.220 e. The number of aromatic nitrogens is 3. The van der Waals surface area contributed by atoms with E-state index in [9.17, 15) is 0 Å². The molecular weight excluding hydrogens is 504 g/mol. The maximum atomic E-state index is 8.64. The van der Waals surface area contributed by atoms with Crippen molar-refractivity contribution in [2.45, 2.75) is 19.4 Å². The minimum atomic E-state index is -0.0359. The van der Waals surface area contributed by atoms with Gasteiger partial charge in [-0.1, -0.05) is 29.8 Å². The van der Waals surface area contributed by atoms with Crippen molar-refractivity contribution in [1.29, 1.82) is 10.8 Å². The maximum absolute atomic E-state index is 8.64. The number of likely N-dealkylation sites (tertiary alicyclic amines) is 1. The number of rotatable bonds is 5. The number of pyridine rings is 1. The predicted octanol–water partition coefficient (Wildman–Crippen LogP) is 6.72. The second kappa shape index (κ2) is 10.0. The molecule has 0 bridgehead atoms. The van der Waals surface area contributed by atoms with Crippen LogP contribution in [0.25, 0.3) is 32.2 Å². The van der Waals surface area contributed by atoms with E-state index in [1.165, 1.54) is 15.6 Å². The Bertz CT molecular complexity index is 1630. The van der Waals surface area contributed by atoms with Crippen LogP contribution in [0.5, 0.6) is 0 Å². The van der Waals surface area contributed by atoms with Crippen LogP contribution in [0.2, 0.25) is 5.15 Å². The number of nitrogens with one attached hydrogen (secondary N) is 3. The van der Waals surface area contributed by atoms with Crippen molar-refractivity contribution in [2.24, 2.45) is 5.92 Å². The molecule has 2 aromatic carbocycles. The lowest BCUT2D eigenvalue weighted by molar-refractivity contribution is 0.188. The van der Waals surface area contributed by atoms with Gasteiger partial charge in [0.15, 0.2) is 5.90 Å². The summed E-state index contributed by atoms with van der Waals surface area (Å²) in [5.41, 5.74) is 4.34. The summed E-state index contributed by atoms with van der Waals surface area (Å²) < 4.78 is 7.11. The number of aromatic amines is 1. The Hall–Kier alpha value is -3.59. The van der Waals surface area contributed by atoms with Gasteiger partial charge in [0.1, 0.15) is 10.8 Å². The number of halogens is 1. The van der Waals surface area contributed by atoms with Gasteiger partial charge in [-0.2, -0.15) is 5.10 Å². The van der Waals surface area contributed by atoms with E-state index in [4.69, 9.17) is 27.2 Å². The van der Waals surface area contributed by atoms with Gasteiger partial charge in [0.2, 0.25) is 5.90 Å². The first-order valence-electron chi connectivity index (χ1n) is 12.2. The van der Waals surface area contributed by atoms with Crippen LogP contribution >= 0.6 is 22.9 Å². The van der Waals surface area contributed by atoms with Crippen LogP contribution in [0.3, 0.4) is 0 Å². The minimum Gasteiger partial charge on any atom is -0.425 e. The molecule has 7 nitrogen and oxygen atoms in total. The molecule has 186 valence electrons. The number of piperidine rings is 1. The molecule has 5 aromatic rings. The van der Waals surface area contributed by atoms with Crippen molar-refractivity contribution >= 4 is 55.7 Å². The van der Waals surface area contributed by atoms with Crippen LogP contribution in [0.15, 0.2) is 66.2 Å². The van der Waals surface area contributed by atoms with Crippen molar-refractivity contribution in [3.05, 3.63) is 82.5 Å². The molecule has 0 radical (unpaired) electrons. The highest BCUT2D eigenvalue weighted by molar-refractivity contribution is 7.17. The third kappa shape index (κ3) is 4.87. The zero-order valence-electron chi connectivity index (χ0n) is 20.0. The SMILES string of the molecule is N=C(OC(=N)C1CCCN(Cc2csc3ccccc23)C1)c1ccc2[nH]nc(-c3ccnc(Cl)c3)c2c1. The quantitative estimate of drug-likeness (QED) is 0.134. The van der Waals surface area contributed by atoms with Crippen LogP contribution in [0.1, 0.15) is 24.0 Å². The van der Waals surface area contributed by atoms with E-state index in [-0.39, 0.29) is 17.7 Å². The molecule has 3 aromatic heterocycles. The molecule has 3 N–H and O–H groups in total. The van der Waals surface area contributed by atoms with E-state index in [1.54, 1.807) is 23.6 Å². The van der Waals surface area contributed by atoms with Crippen LogP contribution in [0.4, 0.5) is 0 Å². The number of H-pyrrole nitrogens is 1. The highest BCUT2D eigenvalue weighted by Gasteiger charge is 2.26. The number of nitrogens with zero attached hydrogens (tertiary/aromatic N) is 3. The topological polar surface area (TPSA) is 102 Å². The number of hydrogen-bond donors (Lipinski definition) is 3. The Morgan fingerprint density at radius 2 is 2.03 bits per heavy atom. The zero-order valence-corrected chi connectivity index (χ0v) is 21.6. The zero-order chi connectivity index (χ0) is 25.4. The first kappa shape index (κ1) is 23.8. The van der Waals surface area contributed by atoms with Gasteiger partial charge in [-0.3, -0.25) is 20.8 Å². The Morgan fingerprint density at radius 1 is 1.14 bits per heavy atom. The third-order valence-electron chi connectivity index (χ3n) is 6.87. The lowest BCUT2D eigenvalue weighted by Crippen LogP contribution is -2.39. The van der Waals surface area contributed by atoms with E-state index < -0.39 is 0 Å². The largest absolute Gasteiger partial charge is 0.425 e. The standard InChI is InChI=1S/C28H25ClN6OS/c29-25-13-17(9-10-32-25)26-22-12-18(7-8-23(22)33-34-26)27(30)36-28(31)19-4-3-11-35(14-19)15-20-16-37-24-6-2-1-5-21(20)24/h1-2,5-10,12-13,16,19,30-31H,3-4,11,14-15H2,(H,33,34). The fourth-order valence-electron chi connectivity index (χ4n) is 4.99. The van der Waals surface area contributed by atoms with Crippen LogP contribution in [0, 0.1) is 16.7 Å². The summed E-state index contributed by atoms with van der Waals surface area (Å²) in [4.78, 5) is 6.44. The molecule has 9 heteroatoms. The van der Waals surface area contributed by atoms with E-state index in [0.29, 0.717) is 10.7 Å². The van der Waals surface area contributed by atoms with Gasteiger partial charge in [0.05, 0.1) is 5.52 Å². The van der Waals surface area contributed by atoms with E-state index in [2.05, 4.69) is 49.7 Å². The van der Waals surface area contributed by atoms with Gasteiger partial charge in [-0.15, -0.1) is 11.3 Å². The van der Waals surface area contributed by atoms with E-state index in [1.807, 2.05) is 24.3 Å². The minimum absolute atomic E-state index is 0.0345. The molecule has 0 spiro atoms. The Morgan fingerprint density at radius 3 is 2.92 bits per heavy atom. The molecule has 0 aliphatic carbocycles. The lowest BCUT2D eigenvalue weighted by atomic mass is 9.97. The summed E-state index contributed by atoms with van der Waals surface area (Å²) in [5.74, 6) is 0.0808. The fraction of sp³-hybridized carbons (Fsp3) is 0.214. The summed E-state index contributed by atoms with van der Waals surface area (Å²) in [6.07, 6.45) is 3.54. The average molecular weight is 529 g/mol. The normalized spacial score (nSPS) is 16.3. The molecule has 1 aliphatic rings. The molecule has 1 unspecified atom stereocenters. The molecule has 4 heterocycles. The van der Waals surface area contributed by atoms with Crippen LogP contribution < -0.4 is 0 Å². The molecule has 1 fully saturated rings. The smallest absolute Gasteiger partial charge is 0.220 e. The summed E-state index contributed by atoms with van der Waals surface area (Å²) in [7, 11) is 0. The van der Waals surface area contributed by atoms with Crippen molar-refractivity contribution in [3.8, 4) is 11.3 Å².